The van der Waals surface area contributed by atoms with E-state index in [-0.39, 0.29) is 23.8 Å². The molecule has 2 amide bonds. The minimum atomic E-state index is -3.12. The topological polar surface area (TPSA) is 97.4 Å². The monoisotopic (exact) mass is 805 g/mol. The molecule has 0 saturated carbocycles. The number of halogens is 2. The van der Waals surface area contributed by atoms with Gasteiger partial charge in [-0.05, 0) is 12.1 Å². The van der Waals surface area contributed by atoms with Crippen LogP contribution in [0.15, 0.2) is 152 Å². The van der Waals surface area contributed by atoms with Gasteiger partial charge in [-0.25, -0.2) is 0 Å². The molecule has 1 aromatic heterocycles. The predicted octanol–water partition coefficient (Wildman–Crippen LogP) is 9.76. The molecule has 0 aliphatic carbocycles. The van der Waals surface area contributed by atoms with Gasteiger partial charge in [-0.3, -0.25) is 9.78 Å². The van der Waals surface area contributed by atoms with Crippen LogP contribution in [0.1, 0.15) is 35.3 Å². The van der Waals surface area contributed by atoms with Crippen molar-refractivity contribution in [1.82, 2.24) is 4.98 Å². The summed E-state index contributed by atoms with van der Waals surface area (Å²) in [6, 6.07) is 47.3. The number of methoxy groups -OCH3 is 1. The number of aromatic nitrogens is 1. The number of carbonyl (C=O) groups is 3. The first-order valence-electron chi connectivity index (χ1n) is 17.1. The van der Waals surface area contributed by atoms with Gasteiger partial charge in [0, 0.05) is 6.20 Å². The van der Waals surface area contributed by atoms with Crippen molar-refractivity contribution in [2.24, 2.45) is 0 Å². The Hall–Kier alpha value is -5.14. The van der Waals surface area contributed by atoms with Gasteiger partial charge in [0.2, 0.25) is 0 Å². The van der Waals surface area contributed by atoms with Crippen molar-refractivity contribution in [2.75, 3.05) is 23.9 Å². The molecule has 0 saturated heterocycles. The fourth-order valence-electron chi connectivity index (χ4n) is 6.59. The number of rotatable bonds is 13. The van der Waals surface area contributed by atoms with Gasteiger partial charge in [-0.15, -0.1) is 0 Å². The van der Waals surface area contributed by atoms with E-state index in [9.17, 15) is 14.4 Å². The molecule has 0 fully saturated rings. The summed E-state index contributed by atoms with van der Waals surface area (Å²) < 4.78 is 4.79. The summed E-state index contributed by atoms with van der Waals surface area (Å²) in [5, 5.41) is 6.76. The average molecular weight is 807 g/mol. The van der Waals surface area contributed by atoms with Crippen LogP contribution in [0, 0.1) is 0 Å². The maximum atomic E-state index is 13.7. The predicted molar refractivity (Wildman–Crippen MR) is 222 cm³/mol. The van der Waals surface area contributed by atoms with Gasteiger partial charge in [0.05, 0.1) is 12.1 Å². The number of benzene rings is 5. The van der Waals surface area contributed by atoms with E-state index in [1.165, 1.54) is 29.2 Å². The third kappa shape index (κ3) is 8.26. The van der Waals surface area contributed by atoms with Crippen LogP contribution in [0.4, 0.5) is 16.2 Å². The molecule has 0 radical (unpaired) electrons. The Morgan fingerprint density at radius 2 is 1.34 bits per heavy atom. The molecule has 5 aromatic carbocycles. The molecule has 6 aromatic rings. The first-order chi connectivity index (χ1) is 25.7. The van der Waals surface area contributed by atoms with Gasteiger partial charge in [-0.2, -0.15) is 0 Å². The number of amides is 2. The fraction of sp³-hybridized carbons (Fsp3) is 0.116. The van der Waals surface area contributed by atoms with E-state index >= 15 is 0 Å². The Kier molecular flexibility index (Phi) is 11.8. The maximum absolute atomic E-state index is 13.7. The summed E-state index contributed by atoms with van der Waals surface area (Å²) in [7, 11) is 1.28. The first kappa shape index (κ1) is 37.6. The summed E-state index contributed by atoms with van der Waals surface area (Å²) in [6.45, 7) is 0. The number of nitrogens with one attached hydrogen (secondary N) is 2. The van der Waals surface area contributed by atoms with Crippen LogP contribution in [-0.4, -0.2) is 36.0 Å². The molecule has 0 atom stereocenters. The Morgan fingerprint density at radius 3 is 1.91 bits per heavy atom. The Balaban J connectivity index is 1.25. The molecule has 6 rings (SSSR count). The van der Waals surface area contributed by atoms with Crippen LogP contribution < -0.4 is 26.5 Å². The Labute approximate surface area is 322 Å². The zero-order valence-electron chi connectivity index (χ0n) is 29.0. The van der Waals surface area contributed by atoms with Crippen LogP contribution in [0.25, 0.3) is 11.1 Å². The zero-order chi connectivity index (χ0) is 37.3. The first-order valence-corrected chi connectivity index (χ1v) is 22.0. The van der Waals surface area contributed by atoms with Crippen molar-refractivity contribution in [3.05, 3.63) is 168 Å². The number of ether oxygens (including phenoxy) is 1. The number of nitrogens with zero attached hydrogens (tertiary/aromatic N) is 1. The Morgan fingerprint density at radius 1 is 0.717 bits per heavy atom. The number of pyridine rings is 1. The van der Waals surface area contributed by atoms with Crippen LogP contribution in [0.5, 0.6) is 0 Å². The third-order valence-electron chi connectivity index (χ3n) is 9.24. The molecule has 0 aliphatic rings. The molecule has 1 heterocycles. The zero-order valence-corrected chi connectivity index (χ0v) is 32.3. The minimum absolute atomic E-state index is 0.173. The van der Waals surface area contributed by atoms with Crippen molar-refractivity contribution in [3.63, 3.8) is 0 Å². The van der Waals surface area contributed by atoms with Crippen LogP contribution in [-0.2, 0) is 9.53 Å². The summed E-state index contributed by atoms with van der Waals surface area (Å²) in [5.74, 6) is -0.434. The molecule has 2 N–H and O–H groups in total. The molecular weight excluding hydrogens is 769 g/mol. The molecule has 7 nitrogen and oxygen atoms in total. The van der Waals surface area contributed by atoms with E-state index in [1.807, 2.05) is 24.3 Å². The van der Waals surface area contributed by atoms with Crippen molar-refractivity contribution in [3.8, 4) is 11.1 Å². The number of unbranched alkanes of at least 4 members (excludes halogenated alkanes) is 1. The van der Waals surface area contributed by atoms with Gasteiger partial charge < -0.3 is 0 Å². The second kappa shape index (κ2) is 16.7. The van der Waals surface area contributed by atoms with Crippen LogP contribution in [0.2, 0.25) is 5.02 Å². The van der Waals surface area contributed by atoms with E-state index in [0.29, 0.717) is 39.5 Å². The van der Waals surface area contributed by atoms with Gasteiger partial charge in [0.1, 0.15) is 5.69 Å². The summed E-state index contributed by atoms with van der Waals surface area (Å²) in [4.78, 5) is 43.2. The van der Waals surface area contributed by atoms with Gasteiger partial charge in [0.15, 0.2) is 0 Å². The molecule has 0 bridgehead atoms. The number of hydrogen-bond acceptors (Lipinski definition) is 5. The SMILES string of the molecule is COC(=O)Nc1ccc(-c2cccc(C(=O)c3ccc(Cl)cn3)c2)c(NC(=O)CCCCP(Br)(c2ccccc2)(c2ccccc2)c2ccccc2)c1. The standard InChI is InChI=1S/C43H38BrClN3O4P/c1-52-43(51)47-34-24-25-38(31-14-13-15-32(28-31)42(50)39-26-23-33(45)30-46-39)40(29-34)48-41(49)22-11-12-27-53(44,35-16-5-2-6-17-35,36-18-7-3-8-19-36)37-20-9-4-10-21-37/h2-10,13-21,23-26,28-30H,11-12,22,27H2,1H3,(H,47,51)(H,48,49). The van der Waals surface area contributed by atoms with E-state index in [1.54, 1.807) is 48.5 Å². The van der Waals surface area contributed by atoms with Crippen molar-refractivity contribution in [1.29, 1.82) is 0 Å². The molecule has 0 spiro atoms. The second-order valence-corrected chi connectivity index (χ2v) is 22.1. The van der Waals surface area contributed by atoms with E-state index in [0.717, 1.165) is 12.6 Å². The molecule has 10 heteroatoms. The van der Waals surface area contributed by atoms with Crippen molar-refractivity contribution >= 4 is 77.5 Å². The summed E-state index contributed by atoms with van der Waals surface area (Å²) in [5.41, 5.74) is 3.00. The molecule has 53 heavy (non-hydrogen) atoms. The molecular formula is C43H38BrClN3O4P. The van der Waals surface area contributed by atoms with E-state index in [2.05, 4.69) is 104 Å². The number of carbonyl (C=O) groups excluding carboxylic acids is 3. The second-order valence-electron chi connectivity index (χ2n) is 12.6. The normalized spacial score (nSPS) is 11.9. The third-order valence-corrected chi connectivity index (χ3v) is 19.5. The number of ketones is 1. The summed E-state index contributed by atoms with van der Waals surface area (Å²) in [6.07, 6.45) is 3.29. The van der Waals surface area contributed by atoms with E-state index < -0.39 is 11.4 Å². The molecule has 0 aliphatic heterocycles. The van der Waals surface area contributed by atoms with Gasteiger partial charge in [-0.1, -0.05) is 11.6 Å². The van der Waals surface area contributed by atoms with Crippen molar-refractivity contribution in [2.45, 2.75) is 19.3 Å². The Bertz CT molecular complexity index is 2120. The quantitative estimate of drug-likeness (QED) is 0.0689. The van der Waals surface area contributed by atoms with Crippen LogP contribution in [0.3, 0.4) is 0 Å². The molecule has 268 valence electrons. The number of hydrogen-bond donors (Lipinski definition) is 2. The van der Waals surface area contributed by atoms with Gasteiger partial charge in [0.25, 0.3) is 0 Å². The van der Waals surface area contributed by atoms with E-state index in [4.69, 9.17) is 16.3 Å². The fourth-order valence-corrected chi connectivity index (χ4v) is 14.4. The molecule has 0 unspecified atom stereocenters. The average Bonchev–Trinajstić information content (AvgIpc) is 3.20. The number of anilines is 2. The van der Waals surface area contributed by atoms with Crippen molar-refractivity contribution < 1.29 is 19.1 Å². The van der Waals surface area contributed by atoms with Crippen LogP contribution >= 0.6 is 32.4 Å². The van der Waals surface area contributed by atoms with Gasteiger partial charge >= 0.3 is 266 Å². The summed E-state index contributed by atoms with van der Waals surface area (Å²) >= 11 is 10.5.